The molecule has 0 aliphatic carbocycles. The fraction of sp³-hybridized carbons (Fsp3) is 0.833. The molecule has 0 saturated heterocycles. The zero-order chi connectivity index (χ0) is 10.5. The van der Waals surface area contributed by atoms with Crippen LogP contribution in [-0.2, 0) is 13.9 Å². The van der Waals surface area contributed by atoms with Gasteiger partial charge in [-0.3, -0.25) is 9.32 Å². The van der Waals surface area contributed by atoms with E-state index >= 15 is 0 Å². The summed E-state index contributed by atoms with van der Waals surface area (Å²) in [5, 5.41) is 0. The predicted octanol–water partition coefficient (Wildman–Crippen LogP) is 0.140. The van der Waals surface area contributed by atoms with Crippen molar-refractivity contribution in [2.75, 3.05) is 0 Å². The number of carbonyl (C=O) groups excluding carboxylic acids is 1. The molecule has 0 spiro atoms. The third kappa shape index (κ3) is 6.72. The molecule has 0 saturated carbocycles. The van der Waals surface area contributed by atoms with E-state index in [1.54, 1.807) is 0 Å². The first kappa shape index (κ1) is 12.6. The molecule has 0 rings (SSSR count). The van der Waals surface area contributed by atoms with Crippen LogP contribution in [0, 0.1) is 0 Å². The third-order valence-electron chi connectivity index (χ3n) is 1.40. The van der Waals surface area contributed by atoms with Crippen molar-refractivity contribution in [3.05, 3.63) is 0 Å². The summed E-state index contributed by atoms with van der Waals surface area (Å²) in [5.41, 5.74) is 4.88. The van der Waals surface area contributed by atoms with Gasteiger partial charge in [-0.1, -0.05) is 19.8 Å². The Bertz CT molecular complexity index is 213. The second kappa shape index (κ2) is 5.34. The molecule has 1 unspecified atom stereocenters. The molecule has 13 heavy (non-hydrogen) atoms. The van der Waals surface area contributed by atoms with E-state index in [9.17, 15) is 9.36 Å². The maximum Gasteiger partial charge on any atom is 0.470 e. The first-order valence-electron chi connectivity index (χ1n) is 3.90. The molecule has 6 nitrogen and oxygen atoms in total. The van der Waals surface area contributed by atoms with Crippen molar-refractivity contribution < 1.29 is 23.7 Å². The van der Waals surface area contributed by atoms with Crippen molar-refractivity contribution in [1.29, 1.82) is 0 Å². The Morgan fingerprint density at radius 1 is 1.62 bits per heavy atom. The number of rotatable bonds is 6. The van der Waals surface area contributed by atoms with Crippen LogP contribution in [0.4, 0.5) is 0 Å². The van der Waals surface area contributed by atoms with Crippen LogP contribution in [0.3, 0.4) is 0 Å². The minimum Gasteiger partial charge on any atom is -0.367 e. The molecule has 0 aromatic carbocycles. The molecule has 7 heteroatoms. The zero-order valence-electron chi connectivity index (χ0n) is 7.34. The second-order valence-electron chi connectivity index (χ2n) is 2.63. The monoisotopic (exact) mass is 211 g/mol. The lowest BCUT2D eigenvalue weighted by molar-refractivity contribution is -0.125. The van der Waals surface area contributed by atoms with Crippen molar-refractivity contribution in [3.63, 3.8) is 0 Å². The number of primary amides is 1. The number of nitrogens with two attached hydrogens (primary N) is 1. The van der Waals surface area contributed by atoms with E-state index in [1.807, 2.05) is 6.92 Å². The summed E-state index contributed by atoms with van der Waals surface area (Å²) in [5.74, 6) is -0.850. The third-order valence-corrected chi connectivity index (χ3v) is 1.93. The Hall–Kier alpha value is -0.420. The number of phosphoric ester groups is 1. The maximum atomic E-state index is 10.6. The van der Waals surface area contributed by atoms with Gasteiger partial charge in [0.05, 0.1) is 0 Å². The highest BCUT2D eigenvalue weighted by molar-refractivity contribution is 7.46. The van der Waals surface area contributed by atoms with Crippen LogP contribution in [0.25, 0.3) is 0 Å². The fourth-order valence-corrected chi connectivity index (χ4v) is 1.34. The summed E-state index contributed by atoms with van der Waals surface area (Å²) in [4.78, 5) is 27.5. The Labute approximate surface area is 76.3 Å². The molecule has 0 heterocycles. The maximum absolute atomic E-state index is 10.6. The average molecular weight is 211 g/mol. The highest BCUT2D eigenvalue weighted by Gasteiger charge is 2.25. The van der Waals surface area contributed by atoms with Gasteiger partial charge in [-0.25, -0.2) is 4.57 Å². The lowest BCUT2D eigenvalue weighted by Crippen LogP contribution is -2.30. The molecule has 0 radical (unpaired) electrons. The number of carbonyl (C=O) groups is 1. The van der Waals surface area contributed by atoms with Gasteiger partial charge in [-0.05, 0) is 6.42 Å². The van der Waals surface area contributed by atoms with E-state index in [-0.39, 0.29) is 6.42 Å². The Morgan fingerprint density at radius 3 is 2.46 bits per heavy atom. The van der Waals surface area contributed by atoms with Crippen LogP contribution < -0.4 is 5.73 Å². The van der Waals surface area contributed by atoms with Crippen molar-refractivity contribution in [1.82, 2.24) is 0 Å². The summed E-state index contributed by atoms with van der Waals surface area (Å²) in [6.45, 7) is 1.88. The number of unbranched alkanes of at least 4 members (excludes halogenated alkanes) is 1. The number of hydrogen-bond donors (Lipinski definition) is 3. The molecule has 1 atom stereocenters. The first-order valence-corrected chi connectivity index (χ1v) is 5.43. The van der Waals surface area contributed by atoms with Gasteiger partial charge in [-0.15, -0.1) is 0 Å². The Kier molecular flexibility index (Phi) is 5.17. The average Bonchev–Trinajstić information content (AvgIpc) is 1.95. The summed E-state index contributed by atoms with van der Waals surface area (Å²) < 4.78 is 14.6. The van der Waals surface area contributed by atoms with Crippen LogP contribution in [0.5, 0.6) is 0 Å². The van der Waals surface area contributed by atoms with Gasteiger partial charge in [0, 0.05) is 0 Å². The quantitative estimate of drug-likeness (QED) is 0.541. The van der Waals surface area contributed by atoms with Gasteiger partial charge in [0.1, 0.15) is 6.10 Å². The van der Waals surface area contributed by atoms with E-state index in [0.29, 0.717) is 6.42 Å². The van der Waals surface area contributed by atoms with Gasteiger partial charge in [-0.2, -0.15) is 0 Å². The normalized spacial score (nSPS) is 14.1. The molecule has 0 aromatic heterocycles. The van der Waals surface area contributed by atoms with Crippen LogP contribution in [0.2, 0.25) is 0 Å². The fourth-order valence-electron chi connectivity index (χ4n) is 0.802. The van der Waals surface area contributed by atoms with Crippen LogP contribution in [0.15, 0.2) is 0 Å². The molecule has 0 aromatic rings. The molecule has 0 aliphatic heterocycles. The summed E-state index contributed by atoms with van der Waals surface area (Å²) in [6.07, 6.45) is 0.472. The van der Waals surface area contributed by atoms with Crippen LogP contribution >= 0.6 is 7.82 Å². The van der Waals surface area contributed by atoms with E-state index in [1.165, 1.54) is 0 Å². The van der Waals surface area contributed by atoms with E-state index in [4.69, 9.17) is 15.5 Å². The van der Waals surface area contributed by atoms with Gasteiger partial charge in [0.2, 0.25) is 5.91 Å². The van der Waals surface area contributed by atoms with Crippen molar-refractivity contribution in [2.45, 2.75) is 32.3 Å². The highest BCUT2D eigenvalue weighted by atomic mass is 31.2. The summed E-state index contributed by atoms with van der Waals surface area (Å²) in [7, 11) is -4.62. The van der Waals surface area contributed by atoms with Crippen molar-refractivity contribution >= 4 is 13.7 Å². The van der Waals surface area contributed by atoms with Crippen LogP contribution in [-0.4, -0.2) is 21.8 Å². The Balaban J connectivity index is 4.11. The largest absolute Gasteiger partial charge is 0.470 e. The second-order valence-corrected chi connectivity index (χ2v) is 3.82. The number of hydrogen-bond acceptors (Lipinski definition) is 3. The molecule has 78 valence electrons. The number of phosphoric acid groups is 1. The Morgan fingerprint density at radius 2 is 2.15 bits per heavy atom. The number of amides is 1. The topological polar surface area (TPSA) is 110 Å². The predicted molar refractivity (Wildman–Crippen MR) is 45.6 cm³/mol. The smallest absolute Gasteiger partial charge is 0.367 e. The lowest BCUT2D eigenvalue weighted by Gasteiger charge is -2.13. The van der Waals surface area contributed by atoms with Crippen molar-refractivity contribution in [2.24, 2.45) is 5.73 Å². The van der Waals surface area contributed by atoms with E-state index in [0.717, 1.165) is 6.42 Å². The molecule has 1 amide bonds. The zero-order valence-corrected chi connectivity index (χ0v) is 8.24. The first-order chi connectivity index (χ1) is 5.87. The molecule has 0 aliphatic rings. The summed E-state index contributed by atoms with van der Waals surface area (Å²) in [6, 6.07) is 0. The van der Waals surface area contributed by atoms with Gasteiger partial charge >= 0.3 is 7.82 Å². The minimum absolute atomic E-state index is 0.233. The molecular weight excluding hydrogens is 197 g/mol. The minimum atomic E-state index is -4.62. The van der Waals surface area contributed by atoms with Gasteiger partial charge in [0.25, 0.3) is 0 Å². The van der Waals surface area contributed by atoms with E-state index < -0.39 is 19.8 Å². The standard InChI is InChI=1S/C6H14NO5P/c1-2-3-4-5(6(7)8)12-13(9,10)11/h5H,2-4H2,1H3,(H2,7,8)(H2,9,10,11). The van der Waals surface area contributed by atoms with Gasteiger partial charge < -0.3 is 15.5 Å². The summed E-state index contributed by atoms with van der Waals surface area (Å²) >= 11 is 0. The van der Waals surface area contributed by atoms with Crippen LogP contribution in [0.1, 0.15) is 26.2 Å². The molecular formula is C6H14NO5P. The van der Waals surface area contributed by atoms with E-state index in [2.05, 4.69) is 4.52 Å². The molecule has 0 bridgehead atoms. The van der Waals surface area contributed by atoms with Gasteiger partial charge in [0.15, 0.2) is 0 Å². The van der Waals surface area contributed by atoms with Crippen molar-refractivity contribution in [3.8, 4) is 0 Å². The lowest BCUT2D eigenvalue weighted by atomic mass is 10.1. The highest BCUT2D eigenvalue weighted by Crippen LogP contribution is 2.38. The molecule has 0 fully saturated rings. The SMILES string of the molecule is CCCCC(OP(=O)(O)O)C(N)=O. The molecule has 4 N–H and O–H groups in total.